The number of esters is 2. The van der Waals surface area contributed by atoms with Gasteiger partial charge in [-0.2, -0.15) is 0 Å². The molecule has 2 atom stereocenters. The molecule has 2 unspecified atom stereocenters. The highest BCUT2D eigenvalue weighted by atomic mass is 16.7. The monoisotopic (exact) mass is 1040 g/mol. The summed E-state index contributed by atoms with van der Waals surface area (Å²) in [5.74, 6) is -2.00. The Labute approximate surface area is 456 Å². The van der Waals surface area contributed by atoms with Gasteiger partial charge in [0.15, 0.2) is 6.10 Å². The van der Waals surface area contributed by atoms with E-state index in [1.807, 2.05) is 21.1 Å². The van der Waals surface area contributed by atoms with E-state index in [0.29, 0.717) is 23.9 Å². The van der Waals surface area contributed by atoms with Crippen molar-refractivity contribution in [2.45, 2.75) is 277 Å². The molecule has 0 aliphatic heterocycles. The normalized spacial score (nSPS) is 13.3. The van der Waals surface area contributed by atoms with Gasteiger partial charge in [0.2, 0.25) is 0 Å². The third-order valence-corrected chi connectivity index (χ3v) is 13.2. The molecule has 428 valence electrons. The first kappa shape index (κ1) is 70.7. The van der Waals surface area contributed by atoms with Gasteiger partial charge in [-0.1, -0.05) is 260 Å². The van der Waals surface area contributed by atoms with E-state index in [2.05, 4.69) is 86.8 Å². The number of likely N-dealkylation sites (N-methyl/N-ethyl adjacent to an activating group) is 1. The Morgan fingerprint density at radius 1 is 0.419 bits per heavy atom. The van der Waals surface area contributed by atoms with E-state index >= 15 is 0 Å². The molecule has 9 heteroatoms. The van der Waals surface area contributed by atoms with Crippen molar-refractivity contribution in [2.24, 2.45) is 0 Å². The van der Waals surface area contributed by atoms with E-state index in [0.717, 1.165) is 83.5 Å². The Hall–Kier alpha value is -3.27. The lowest BCUT2D eigenvalue weighted by atomic mass is 10.0. The summed E-state index contributed by atoms with van der Waals surface area (Å²) in [6, 6.07) is 0. The first-order valence-electron chi connectivity index (χ1n) is 30.6. The number of carboxylic acids is 1. The smallest absolute Gasteiger partial charge is 0.361 e. The Balaban J connectivity index is 4.22. The first-order valence-corrected chi connectivity index (χ1v) is 30.6. The van der Waals surface area contributed by atoms with Crippen molar-refractivity contribution in [3.63, 3.8) is 0 Å². The maximum Gasteiger partial charge on any atom is 0.361 e. The van der Waals surface area contributed by atoms with Gasteiger partial charge in [-0.15, -0.1) is 0 Å². The summed E-state index contributed by atoms with van der Waals surface area (Å²) in [5.41, 5.74) is 0. The van der Waals surface area contributed by atoms with Gasteiger partial charge < -0.3 is 28.5 Å². The highest BCUT2D eigenvalue weighted by Gasteiger charge is 2.25. The lowest BCUT2D eigenvalue weighted by Crippen LogP contribution is -2.40. The highest BCUT2D eigenvalue weighted by Crippen LogP contribution is 2.17. The van der Waals surface area contributed by atoms with Crippen LogP contribution in [0.5, 0.6) is 0 Å². The van der Waals surface area contributed by atoms with Crippen molar-refractivity contribution in [3.8, 4) is 0 Å². The van der Waals surface area contributed by atoms with Gasteiger partial charge in [-0.3, -0.25) is 9.59 Å². The van der Waals surface area contributed by atoms with Gasteiger partial charge in [-0.05, 0) is 64.2 Å². The van der Waals surface area contributed by atoms with Gasteiger partial charge in [0.05, 0.1) is 34.4 Å². The van der Waals surface area contributed by atoms with Gasteiger partial charge in [0, 0.05) is 12.8 Å². The molecular formula is C65H116NO8+. The van der Waals surface area contributed by atoms with Crippen LogP contribution in [-0.4, -0.2) is 87.4 Å². The lowest BCUT2D eigenvalue weighted by Gasteiger charge is -2.25. The molecule has 0 saturated carbocycles. The van der Waals surface area contributed by atoms with Crippen LogP contribution in [0.25, 0.3) is 0 Å². The number of nitrogens with zero attached hydrogens (tertiary/aromatic N) is 1. The minimum atomic E-state index is -1.51. The van der Waals surface area contributed by atoms with Crippen LogP contribution in [0.4, 0.5) is 0 Å². The van der Waals surface area contributed by atoms with Crippen molar-refractivity contribution in [3.05, 3.63) is 72.9 Å². The zero-order valence-electron chi connectivity index (χ0n) is 48.7. The summed E-state index contributed by atoms with van der Waals surface area (Å²) < 4.78 is 22.9. The topological polar surface area (TPSA) is 108 Å². The van der Waals surface area contributed by atoms with Crippen LogP contribution in [0.1, 0.15) is 264 Å². The third-order valence-electron chi connectivity index (χ3n) is 13.2. The zero-order valence-corrected chi connectivity index (χ0v) is 48.7. The van der Waals surface area contributed by atoms with Gasteiger partial charge in [0.1, 0.15) is 13.2 Å². The number of carbonyl (C=O) groups is 3. The maximum absolute atomic E-state index is 12.9. The van der Waals surface area contributed by atoms with Crippen LogP contribution in [-0.2, 0) is 33.3 Å². The molecule has 0 rings (SSSR count). The van der Waals surface area contributed by atoms with Crippen LogP contribution in [0.3, 0.4) is 0 Å². The largest absolute Gasteiger partial charge is 0.477 e. The molecule has 0 heterocycles. The third kappa shape index (κ3) is 56.5. The summed E-state index contributed by atoms with van der Waals surface area (Å²) in [7, 11) is 5.97. The van der Waals surface area contributed by atoms with E-state index in [1.54, 1.807) is 0 Å². The number of allylic oxidation sites excluding steroid dienone is 12. The number of carbonyl (C=O) groups excluding carboxylic acids is 2. The summed E-state index contributed by atoms with van der Waals surface area (Å²) in [5, 5.41) is 9.71. The van der Waals surface area contributed by atoms with Gasteiger partial charge in [0.25, 0.3) is 6.29 Å². The number of rotatable bonds is 56. The summed E-state index contributed by atoms with van der Waals surface area (Å²) in [4.78, 5) is 37.5. The average molecular weight is 1040 g/mol. The van der Waals surface area contributed by atoms with Crippen LogP contribution >= 0.6 is 0 Å². The fourth-order valence-electron chi connectivity index (χ4n) is 8.55. The molecule has 0 amide bonds. The minimum absolute atomic E-state index is 0.183. The predicted octanol–water partition coefficient (Wildman–Crippen LogP) is 18.2. The molecule has 0 saturated heterocycles. The quantitative estimate of drug-likeness (QED) is 0.0211. The van der Waals surface area contributed by atoms with E-state index in [1.165, 1.54) is 148 Å². The molecule has 74 heavy (non-hydrogen) atoms. The summed E-state index contributed by atoms with van der Waals surface area (Å²) >= 11 is 0. The van der Waals surface area contributed by atoms with Crippen LogP contribution in [0.15, 0.2) is 72.9 Å². The fraction of sp³-hybridized carbons (Fsp3) is 0.769. The van der Waals surface area contributed by atoms with E-state index in [9.17, 15) is 19.5 Å². The second kappa shape index (κ2) is 55.9. The molecule has 0 aromatic heterocycles. The first-order chi connectivity index (χ1) is 36.1. The van der Waals surface area contributed by atoms with Crippen molar-refractivity contribution in [1.82, 2.24) is 0 Å². The van der Waals surface area contributed by atoms with Gasteiger partial charge >= 0.3 is 17.9 Å². The molecule has 1 N–H and O–H groups in total. The fourth-order valence-corrected chi connectivity index (χ4v) is 8.55. The molecule has 0 bridgehead atoms. The highest BCUT2D eigenvalue weighted by molar-refractivity contribution is 5.71. The van der Waals surface area contributed by atoms with Crippen LogP contribution in [0, 0.1) is 0 Å². The predicted molar refractivity (Wildman–Crippen MR) is 313 cm³/mol. The zero-order chi connectivity index (χ0) is 54.1. The molecule has 0 aromatic carbocycles. The van der Waals surface area contributed by atoms with Crippen LogP contribution in [0.2, 0.25) is 0 Å². The molecular weight excluding hydrogens is 923 g/mol. The van der Waals surface area contributed by atoms with E-state index < -0.39 is 24.3 Å². The molecule has 0 radical (unpaired) electrons. The average Bonchev–Trinajstić information content (AvgIpc) is 3.37. The lowest BCUT2D eigenvalue weighted by molar-refractivity contribution is -0.870. The molecule has 0 spiro atoms. The van der Waals surface area contributed by atoms with Crippen molar-refractivity contribution in [1.29, 1.82) is 0 Å². The number of carboxylic acid groups (broad SMARTS) is 1. The number of aliphatic carboxylic acids is 1. The second-order valence-corrected chi connectivity index (χ2v) is 21.6. The van der Waals surface area contributed by atoms with E-state index in [4.69, 9.17) is 18.9 Å². The van der Waals surface area contributed by atoms with Crippen molar-refractivity contribution >= 4 is 17.9 Å². The standard InChI is InChI=1S/C65H115NO8/c1-6-8-10-12-14-16-18-20-22-24-26-28-29-30-31-32-33-34-35-36-38-40-42-44-46-48-50-52-54-56-63(68)74-61(60-73-65(64(69)70)71-58-57-66(3,4)5)59-72-62(67)55-53-51-49-47-45-43-41-39-37-27-25-23-21-19-17-15-13-11-9-7-2/h8,10,14,16,20,22,26,28,30-31,33-34,61,65H,6-7,9,11-13,15,17-19,21,23-25,27,29,32,35-60H2,1-5H3/p+1/b10-8-,16-14-,22-20-,28-26-,31-30-,34-33-. The maximum atomic E-state index is 12.9. The number of unbranched alkanes of at least 4 members (excludes halogenated alkanes) is 29. The number of hydrogen-bond acceptors (Lipinski definition) is 7. The Morgan fingerprint density at radius 2 is 0.770 bits per heavy atom. The second-order valence-electron chi connectivity index (χ2n) is 21.6. The molecule has 0 aliphatic carbocycles. The Morgan fingerprint density at radius 3 is 1.15 bits per heavy atom. The van der Waals surface area contributed by atoms with Crippen molar-refractivity contribution in [2.75, 3.05) is 47.5 Å². The summed E-state index contributed by atoms with van der Waals surface area (Å²) in [6.07, 6.45) is 69.8. The van der Waals surface area contributed by atoms with Crippen LogP contribution < -0.4 is 0 Å². The molecule has 0 fully saturated rings. The minimum Gasteiger partial charge on any atom is -0.477 e. The molecule has 9 nitrogen and oxygen atoms in total. The number of hydrogen-bond donors (Lipinski definition) is 1. The Bertz CT molecular complexity index is 1440. The SMILES string of the molecule is CC/C=C\C/C=C\C/C=C\C/C=C\C/C=C\C/C=C\CCCCCCCCCCCCC(=O)OC(COC(=O)CCCCCCCCCCCCCCCCCCCCCC)COC(OCC[N+](C)(C)C)C(=O)O. The summed E-state index contributed by atoms with van der Waals surface area (Å²) in [6.45, 7) is 4.79. The number of quaternary nitrogens is 1. The Kier molecular flexibility index (Phi) is 53.5. The van der Waals surface area contributed by atoms with E-state index in [-0.39, 0.29) is 32.2 Å². The number of ether oxygens (including phenoxy) is 4. The van der Waals surface area contributed by atoms with Gasteiger partial charge in [-0.25, -0.2) is 4.79 Å². The molecule has 0 aromatic rings. The molecule has 0 aliphatic rings. The van der Waals surface area contributed by atoms with Crippen molar-refractivity contribution < 1.29 is 42.9 Å².